The van der Waals surface area contributed by atoms with E-state index in [9.17, 15) is 0 Å². The number of hydrogen-bond donors (Lipinski definition) is 1. The first-order chi connectivity index (χ1) is 9.81. The third-order valence-electron chi connectivity index (χ3n) is 4.79. The summed E-state index contributed by atoms with van der Waals surface area (Å²) < 4.78 is 12.1. The van der Waals surface area contributed by atoms with E-state index in [1.54, 1.807) is 0 Å². The molecule has 0 bridgehead atoms. The van der Waals surface area contributed by atoms with E-state index in [-0.39, 0.29) is 5.60 Å². The van der Waals surface area contributed by atoms with Gasteiger partial charge in [-0.3, -0.25) is 10.00 Å². The summed E-state index contributed by atoms with van der Waals surface area (Å²) in [6.07, 6.45) is 7.05. The third kappa shape index (κ3) is 2.75. The summed E-state index contributed by atoms with van der Waals surface area (Å²) in [7, 11) is 0. The molecule has 2 atom stereocenters. The van der Waals surface area contributed by atoms with E-state index in [0.717, 1.165) is 51.6 Å². The molecule has 1 saturated carbocycles. The first-order valence-electron chi connectivity index (χ1n) is 7.78. The van der Waals surface area contributed by atoms with Crippen LogP contribution in [0.3, 0.4) is 0 Å². The van der Waals surface area contributed by atoms with Crippen LogP contribution in [0.4, 0.5) is 0 Å². The van der Waals surface area contributed by atoms with Crippen LogP contribution in [0.25, 0.3) is 0 Å². The highest BCUT2D eigenvalue weighted by atomic mass is 16.6. The fraction of sp³-hybridized carbons (Fsp3) is 0.800. The molecule has 2 saturated heterocycles. The standard InChI is InChI=1S/C15H23N3O2/c1-2-12(1)9-19-14-7-15(20-10-14)4-6-18(11-15)8-13-3-5-16-17-13/h3,5,12,14H,1-2,4,6-11H2,(H,16,17)/t14-,15-/m0/s1. The van der Waals surface area contributed by atoms with Crippen molar-refractivity contribution >= 4 is 0 Å². The molecule has 2 aliphatic heterocycles. The van der Waals surface area contributed by atoms with Crippen LogP contribution in [0.2, 0.25) is 0 Å². The molecule has 5 heteroatoms. The van der Waals surface area contributed by atoms with Crippen LogP contribution >= 0.6 is 0 Å². The Hall–Kier alpha value is -0.910. The van der Waals surface area contributed by atoms with Crippen LogP contribution in [-0.4, -0.2) is 53.1 Å². The van der Waals surface area contributed by atoms with Gasteiger partial charge in [-0.15, -0.1) is 0 Å². The number of nitrogens with one attached hydrogen (secondary N) is 1. The Morgan fingerprint density at radius 3 is 3.25 bits per heavy atom. The maximum Gasteiger partial charge on any atom is 0.0847 e. The minimum atomic E-state index is 0.0498. The van der Waals surface area contributed by atoms with Gasteiger partial charge in [-0.25, -0.2) is 0 Å². The first kappa shape index (κ1) is 12.8. The molecule has 3 aliphatic rings. The summed E-state index contributed by atoms with van der Waals surface area (Å²) in [4.78, 5) is 2.46. The van der Waals surface area contributed by atoms with Crippen molar-refractivity contribution in [3.63, 3.8) is 0 Å². The van der Waals surface area contributed by atoms with E-state index in [0.29, 0.717) is 6.10 Å². The number of hydrogen-bond acceptors (Lipinski definition) is 4. The van der Waals surface area contributed by atoms with Crippen LogP contribution in [0.1, 0.15) is 31.4 Å². The van der Waals surface area contributed by atoms with Crippen LogP contribution in [0.5, 0.6) is 0 Å². The van der Waals surface area contributed by atoms with Crippen LogP contribution in [-0.2, 0) is 16.0 Å². The lowest BCUT2D eigenvalue weighted by Gasteiger charge is -2.23. The monoisotopic (exact) mass is 277 g/mol. The van der Waals surface area contributed by atoms with Crippen molar-refractivity contribution in [2.75, 3.05) is 26.3 Å². The minimum absolute atomic E-state index is 0.0498. The topological polar surface area (TPSA) is 50.4 Å². The zero-order chi connectivity index (χ0) is 13.4. The zero-order valence-corrected chi connectivity index (χ0v) is 11.9. The predicted molar refractivity (Wildman–Crippen MR) is 74.2 cm³/mol. The van der Waals surface area contributed by atoms with Crippen LogP contribution in [0, 0.1) is 5.92 Å². The van der Waals surface area contributed by atoms with Gasteiger partial charge in [0.25, 0.3) is 0 Å². The molecule has 0 aromatic carbocycles. The largest absolute Gasteiger partial charge is 0.375 e. The summed E-state index contributed by atoms with van der Waals surface area (Å²) >= 11 is 0. The van der Waals surface area contributed by atoms with Gasteiger partial charge in [0.05, 0.1) is 18.3 Å². The number of ether oxygens (including phenoxy) is 2. The Morgan fingerprint density at radius 2 is 2.45 bits per heavy atom. The molecule has 1 aromatic rings. The number of aromatic amines is 1. The quantitative estimate of drug-likeness (QED) is 0.887. The SMILES string of the molecule is c1cc(CN2CC[C@]3(C[C@H](OCC4CC4)CO3)C2)[nH]n1. The van der Waals surface area contributed by atoms with E-state index >= 15 is 0 Å². The molecule has 20 heavy (non-hydrogen) atoms. The molecule has 110 valence electrons. The van der Waals surface area contributed by atoms with Crippen molar-refractivity contribution in [1.82, 2.24) is 15.1 Å². The average Bonchev–Trinajstić information content (AvgIpc) is 2.87. The van der Waals surface area contributed by atoms with Crippen LogP contribution in [0.15, 0.2) is 12.3 Å². The fourth-order valence-corrected chi connectivity index (χ4v) is 3.43. The Balaban J connectivity index is 1.28. The molecule has 3 heterocycles. The third-order valence-corrected chi connectivity index (χ3v) is 4.79. The Labute approximate surface area is 119 Å². The second-order valence-corrected chi connectivity index (χ2v) is 6.64. The second-order valence-electron chi connectivity index (χ2n) is 6.64. The molecule has 1 aliphatic carbocycles. The van der Waals surface area contributed by atoms with Crippen molar-refractivity contribution in [3.8, 4) is 0 Å². The molecule has 0 radical (unpaired) electrons. The molecule has 1 spiro atoms. The summed E-state index contributed by atoms with van der Waals surface area (Å²) in [6, 6.07) is 2.04. The van der Waals surface area contributed by atoms with E-state index < -0.39 is 0 Å². The van der Waals surface area contributed by atoms with Gasteiger partial charge in [-0.1, -0.05) is 0 Å². The van der Waals surface area contributed by atoms with Gasteiger partial charge in [0, 0.05) is 44.6 Å². The maximum atomic E-state index is 6.12. The second kappa shape index (κ2) is 5.13. The van der Waals surface area contributed by atoms with E-state index in [4.69, 9.17) is 9.47 Å². The van der Waals surface area contributed by atoms with Gasteiger partial charge in [-0.2, -0.15) is 5.10 Å². The average molecular weight is 277 g/mol. The highest BCUT2D eigenvalue weighted by Gasteiger charge is 2.46. The van der Waals surface area contributed by atoms with Gasteiger partial charge in [0.1, 0.15) is 0 Å². The maximum absolute atomic E-state index is 6.12. The van der Waals surface area contributed by atoms with Crippen LogP contribution < -0.4 is 0 Å². The lowest BCUT2D eigenvalue weighted by molar-refractivity contribution is 0.000802. The lowest BCUT2D eigenvalue weighted by atomic mass is 9.98. The smallest absolute Gasteiger partial charge is 0.0847 e. The van der Waals surface area contributed by atoms with Crippen molar-refractivity contribution in [3.05, 3.63) is 18.0 Å². The highest BCUT2D eigenvalue weighted by molar-refractivity contribution is 5.02. The normalized spacial score (nSPS) is 34.3. The molecule has 1 N–H and O–H groups in total. The van der Waals surface area contributed by atoms with Gasteiger partial charge < -0.3 is 9.47 Å². The summed E-state index contributed by atoms with van der Waals surface area (Å²) in [5, 5.41) is 7.04. The molecular weight excluding hydrogens is 254 g/mol. The van der Waals surface area contributed by atoms with Gasteiger partial charge >= 0.3 is 0 Å². The number of rotatable bonds is 5. The summed E-state index contributed by atoms with van der Waals surface area (Å²) in [5.41, 5.74) is 1.23. The van der Waals surface area contributed by atoms with Crippen molar-refractivity contribution in [2.24, 2.45) is 5.92 Å². The highest BCUT2D eigenvalue weighted by Crippen LogP contribution is 2.37. The number of nitrogens with zero attached hydrogens (tertiary/aromatic N) is 2. The summed E-state index contributed by atoms with van der Waals surface area (Å²) in [5.74, 6) is 0.840. The first-order valence-corrected chi connectivity index (χ1v) is 7.78. The number of likely N-dealkylation sites (tertiary alicyclic amines) is 1. The van der Waals surface area contributed by atoms with Crippen molar-refractivity contribution in [1.29, 1.82) is 0 Å². The molecule has 0 unspecified atom stereocenters. The molecule has 0 amide bonds. The zero-order valence-electron chi connectivity index (χ0n) is 11.9. The van der Waals surface area contributed by atoms with E-state index in [2.05, 4.69) is 15.1 Å². The molecule has 1 aromatic heterocycles. The van der Waals surface area contributed by atoms with Crippen molar-refractivity contribution in [2.45, 2.75) is 43.9 Å². The van der Waals surface area contributed by atoms with E-state index in [1.807, 2.05) is 12.3 Å². The molecule has 5 nitrogen and oxygen atoms in total. The number of aromatic nitrogens is 2. The summed E-state index contributed by atoms with van der Waals surface area (Å²) in [6.45, 7) is 4.80. The predicted octanol–water partition coefficient (Wildman–Crippen LogP) is 1.57. The molecule has 4 rings (SSSR count). The number of H-pyrrole nitrogens is 1. The molecular formula is C15H23N3O2. The Morgan fingerprint density at radius 1 is 1.50 bits per heavy atom. The van der Waals surface area contributed by atoms with Crippen molar-refractivity contribution < 1.29 is 9.47 Å². The Bertz CT molecular complexity index is 446. The minimum Gasteiger partial charge on any atom is -0.375 e. The fourth-order valence-electron chi connectivity index (χ4n) is 3.43. The van der Waals surface area contributed by atoms with E-state index in [1.165, 1.54) is 18.5 Å². The van der Waals surface area contributed by atoms with Gasteiger partial charge in [0.15, 0.2) is 0 Å². The molecule has 3 fully saturated rings. The van der Waals surface area contributed by atoms with Gasteiger partial charge in [-0.05, 0) is 31.2 Å². The lowest BCUT2D eigenvalue weighted by Crippen LogP contribution is -2.33. The van der Waals surface area contributed by atoms with Gasteiger partial charge in [0.2, 0.25) is 0 Å². The Kier molecular flexibility index (Phi) is 3.28.